The van der Waals surface area contributed by atoms with E-state index < -0.39 is 11.1 Å². The van der Waals surface area contributed by atoms with Crippen LogP contribution in [0.2, 0.25) is 0 Å². The van der Waals surface area contributed by atoms with E-state index in [2.05, 4.69) is 19.9 Å². The van der Waals surface area contributed by atoms with Crippen molar-refractivity contribution in [2.24, 2.45) is 0 Å². The molecule has 6 rings (SSSR count). The van der Waals surface area contributed by atoms with Crippen molar-refractivity contribution >= 4 is 22.1 Å². The van der Waals surface area contributed by atoms with Gasteiger partial charge in [0.25, 0.3) is 0 Å². The van der Waals surface area contributed by atoms with Crippen LogP contribution in [-0.4, -0.2) is 29.0 Å². The van der Waals surface area contributed by atoms with Crippen molar-refractivity contribution in [3.8, 4) is 22.8 Å². The molecular weight excluding hydrogens is 380 g/mol. The van der Waals surface area contributed by atoms with E-state index in [1.54, 1.807) is 12.4 Å². The maximum atomic E-state index is 13.0. The van der Waals surface area contributed by atoms with E-state index in [-0.39, 0.29) is 11.0 Å². The zero-order chi connectivity index (χ0) is 20.2. The van der Waals surface area contributed by atoms with Gasteiger partial charge in [0.1, 0.15) is 11.0 Å². The Morgan fingerprint density at radius 3 is 1.43 bits per heavy atom. The molecule has 0 saturated carbocycles. The maximum Gasteiger partial charge on any atom is 0.301 e. The van der Waals surface area contributed by atoms with Crippen LogP contribution in [0.25, 0.3) is 44.8 Å². The second-order valence-corrected chi connectivity index (χ2v) is 6.82. The van der Waals surface area contributed by atoms with E-state index in [0.29, 0.717) is 22.7 Å². The normalized spacial score (nSPS) is 11.6. The maximum absolute atomic E-state index is 13.0. The molecule has 0 N–H and O–H groups in total. The second kappa shape index (κ2) is 6.02. The summed E-state index contributed by atoms with van der Waals surface area (Å²) in [7, 11) is 0. The van der Waals surface area contributed by atoms with Crippen LogP contribution in [-0.2, 0) is 0 Å². The summed E-state index contributed by atoms with van der Waals surface area (Å²) in [5.74, 6) is 0.849. The van der Waals surface area contributed by atoms with Gasteiger partial charge >= 0.3 is 11.1 Å². The van der Waals surface area contributed by atoms with Crippen molar-refractivity contribution in [2.75, 3.05) is 0 Å². The van der Waals surface area contributed by atoms with E-state index in [1.165, 1.54) is 4.52 Å². The predicted molar refractivity (Wildman–Crippen MR) is 112 cm³/mol. The van der Waals surface area contributed by atoms with E-state index in [4.69, 9.17) is 0 Å². The number of fused-ring (bicyclic) bond motifs is 5. The lowest BCUT2D eigenvalue weighted by Gasteiger charge is -2.00. The molecule has 4 heterocycles. The minimum absolute atomic E-state index is 0.176. The molecule has 0 amide bonds. The molecule has 0 aliphatic heterocycles. The molecule has 8 nitrogen and oxygen atoms in total. The van der Waals surface area contributed by atoms with Gasteiger partial charge in [0.05, 0.1) is 12.4 Å². The molecule has 0 bridgehead atoms. The third-order valence-electron chi connectivity index (χ3n) is 5.05. The summed E-state index contributed by atoms with van der Waals surface area (Å²) in [6.45, 7) is 0. The monoisotopic (exact) mass is 392 g/mol. The van der Waals surface area contributed by atoms with E-state index in [9.17, 15) is 9.59 Å². The molecule has 0 spiro atoms. The first-order valence-electron chi connectivity index (χ1n) is 9.26. The van der Waals surface area contributed by atoms with Gasteiger partial charge in [0, 0.05) is 11.1 Å². The summed E-state index contributed by atoms with van der Waals surface area (Å²) in [5.41, 5.74) is 1.79. The Labute approximate surface area is 168 Å². The molecular formula is C22H12N6O2. The van der Waals surface area contributed by atoms with Crippen LogP contribution in [0.15, 0.2) is 82.6 Å². The summed E-state index contributed by atoms with van der Waals surface area (Å²) in [4.78, 5) is 43.7. The lowest BCUT2D eigenvalue weighted by Crippen LogP contribution is -2.22. The molecule has 2 aromatic carbocycles. The van der Waals surface area contributed by atoms with Crippen molar-refractivity contribution in [3.63, 3.8) is 0 Å². The number of nitrogens with zero attached hydrogens (tertiary/aromatic N) is 6. The molecule has 0 saturated heterocycles. The summed E-state index contributed by atoms with van der Waals surface area (Å²) in [6.07, 6.45) is 3.10. The number of rotatable bonds is 2. The molecule has 0 fully saturated rings. The van der Waals surface area contributed by atoms with Gasteiger partial charge in [-0.15, -0.1) is 0 Å². The average Bonchev–Trinajstić information content (AvgIpc) is 3.27. The highest BCUT2D eigenvalue weighted by molar-refractivity contribution is 5.84. The van der Waals surface area contributed by atoms with Gasteiger partial charge in [0.2, 0.25) is 0 Å². The molecule has 4 aromatic heterocycles. The molecule has 142 valence electrons. The Balaban J connectivity index is 1.65. The Kier molecular flexibility index (Phi) is 3.31. The molecule has 0 radical (unpaired) electrons. The quantitative estimate of drug-likeness (QED) is 0.449. The summed E-state index contributed by atoms with van der Waals surface area (Å²) in [6, 6.07) is 18.7. The lowest BCUT2D eigenvalue weighted by molar-refractivity contribution is 0.839. The standard InChI is InChI=1S/C22H12N6O2/c29-21-17-15(11-23-19(25-17)13-7-3-1-4-8-13)27-16-12-24-20(14-9-5-2-6-10-14)26-18(16)22(30)28(21)27/h1-12H. The Morgan fingerprint density at radius 2 is 1.00 bits per heavy atom. The van der Waals surface area contributed by atoms with Crippen LogP contribution in [0.3, 0.4) is 0 Å². The minimum Gasteiger partial charge on any atom is -0.265 e. The number of aromatic nitrogens is 6. The van der Waals surface area contributed by atoms with E-state index >= 15 is 0 Å². The number of benzene rings is 2. The average molecular weight is 392 g/mol. The zero-order valence-corrected chi connectivity index (χ0v) is 15.4. The summed E-state index contributed by atoms with van der Waals surface area (Å²) < 4.78 is 2.53. The van der Waals surface area contributed by atoms with Crippen molar-refractivity contribution in [3.05, 3.63) is 93.8 Å². The molecule has 8 heteroatoms. The Bertz CT molecular complexity index is 1550. The fourth-order valence-electron chi connectivity index (χ4n) is 3.65. The molecule has 0 aliphatic carbocycles. The topological polar surface area (TPSA) is 94.5 Å². The van der Waals surface area contributed by atoms with Crippen LogP contribution >= 0.6 is 0 Å². The van der Waals surface area contributed by atoms with E-state index in [1.807, 2.05) is 60.7 Å². The van der Waals surface area contributed by atoms with Gasteiger partial charge in [-0.05, 0) is 0 Å². The highest BCUT2D eigenvalue weighted by Crippen LogP contribution is 2.20. The highest BCUT2D eigenvalue weighted by atomic mass is 16.2. The number of hydrogen-bond acceptors (Lipinski definition) is 6. The van der Waals surface area contributed by atoms with Gasteiger partial charge < -0.3 is 0 Å². The smallest absolute Gasteiger partial charge is 0.265 e. The first-order chi connectivity index (χ1) is 14.7. The van der Waals surface area contributed by atoms with Gasteiger partial charge in [-0.1, -0.05) is 60.7 Å². The molecule has 0 atom stereocenters. The Morgan fingerprint density at radius 1 is 0.567 bits per heavy atom. The summed E-state index contributed by atoms with van der Waals surface area (Å²) in [5, 5.41) is 0. The highest BCUT2D eigenvalue weighted by Gasteiger charge is 2.21. The molecule has 30 heavy (non-hydrogen) atoms. The van der Waals surface area contributed by atoms with Crippen LogP contribution < -0.4 is 11.1 Å². The number of hydrogen-bond donors (Lipinski definition) is 0. The van der Waals surface area contributed by atoms with Gasteiger partial charge in [-0.2, -0.15) is 4.52 Å². The third kappa shape index (κ3) is 2.21. The largest absolute Gasteiger partial charge is 0.301 e. The van der Waals surface area contributed by atoms with Crippen molar-refractivity contribution < 1.29 is 0 Å². The molecule has 6 aromatic rings. The zero-order valence-electron chi connectivity index (χ0n) is 15.4. The molecule has 0 unspecified atom stereocenters. The minimum atomic E-state index is -0.506. The fourth-order valence-corrected chi connectivity index (χ4v) is 3.65. The first-order valence-corrected chi connectivity index (χ1v) is 9.26. The van der Waals surface area contributed by atoms with Crippen LogP contribution in [0.5, 0.6) is 0 Å². The van der Waals surface area contributed by atoms with Gasteiger partial charge in [-0.3, -0.25) is 9.59 Å². The van der Waals surface area contributed by atoms with Crippen LogP contribution in [0, 0.1) is 0 Å². The van der Waals surface area contributed by atoms with Crippen molar-refractivity contribution in [1.82, 2.24) is 29.0 Å². The van der Waals surface area contributed by atoms with Gasteiger partial charge in [0.15, 0.2) is 22.7 Å². The summed E-state index contributed by atoms with van der Waals surface area (Å²) >= 11 is 0. The SMILES string of the molecule is O=c1c2nc(-c3ccccc3)ncc2n2c3cnc(-c4ccccc4)nc3c(=O)n12. The van der Waals surface area contributed by atoms with Crippen LogP contribution in [0.4, 0.5) is 0 Å². The predicted octanol–water partition coefficient (Wildman–Crippen LogP) is 2.42. The van der Waals surface area contributed by atoms with E-state index in [0.717, 1.165) is 15.6 Å². The van der Waals surface area contributed by atoms with Crippen molar-refractivity contribution in [2.45, 2.75) is 0 Å². The first kappa shape index (κ1) is 16.5. The van der Waals surface area contributed by atoms with Crippen LogP contribution in [0.1, 0.15) is 0 Å². The fraction of sp³-hybridized carbons (Fsp3) is 0. The van der Waals surface area contributed by atoms with Gasteiger partial charge in [-0.25, -0.2) is 24.5 Å². The molecule has 0 aliphatic rings. The lowest BCUT2D eigenvalue weighted by atomic mass is 10.2. The Hall–Kier alpha value is -4.46. The van der Waals surface area contributed by atoms with Crippen molar-refractivity contribution in [1.29, 1.82) is 0 Å². The second-order valence-electron chi connectivity index (χ2n) is 6.82. The third-order valence-corrected chi connectivity index (χ3v) is 5.05.